The second-order valence-electron chi connectivity index (χ2n) is 15.1. The predicted molar refractivity (Wildman–Crippen MR) is 226 cm³/mol. The van der Waals surface area contributed by atoms with E-state index in [4.69, 9.17) is 14.2 Å². The Bertz CT molecular complexity index is 777. The van der Waals surface area contributed by atoms with Crippen LogP contribution in [0.4, 0.5) is 0 Å². The van der Waals surface area contributed by atoms with E-state index in [1.54, 1.807) is 0 Å². The number of ether oxygens (including phenoxy) is 3. The van der Waals surface area contributed by atoms with E-state index in [0.717, 1.165) is 103 Å². The number of carbonyl (C=O) groups excluding carboxylic acids is 3. The fourth-order valence-corrected chi connectivity index (χ4v) is 7.61. The average molecular weight is 774 g/mol. The molecule has 0 spiro atoms. The topological polar surface area (TPSA) is 82.1 Å². The maximum atomic E-state index is 12.6. The molecule has 0 N–H and O–H groups in total. The maximum absolute atomic E-state index is 12.6. The molecule has 0 amide bonds. The van der Waals surface area contributed by atoms with Crippen LogP contribution in [-0.4, -0.2) is 85.8 Å². The lowest BCUT2D eigenvalue weighted by Gasteiger charge is -2.18. The molecule has 0 aliphatic rings. The Balaban J connectivity index is 4.25. The average Bonchev–Trinajstić information content (AvgIpc) is 3.12. The highest BCUT2D eigenvalue weighted by Crippen LogP contribution is 2.20. The Hall–Kier alpha value is -0.930. The van der Waals surface area contributed by atoms with Crippen molar-refractivity contribution in [3.63, 3.8) is 0 Å². The van der Waals surface area contributed by atoms with Crippen molar-refractivity contribution in [2.24, 2.45) is 0 Å². The fourth-order valence-electron chi connectivity index (χ4n) is 6.40. The molecule has 7 nitrogen and oxygen atoms in total. The number of rotatable bonds is 39. The Labute approximate surface area is 330 Å². The minimum absolute atomic E-state index is 0.0242. The maximum Gasteiger partial charge on any atom is 0.306 e. The summed E-state index contributed by atoms with van der Waals surface area (Å²) in [6.45, 7) is 6.44. The van der Waals surface area contributed by atoms with Crippen LogP contribution >= 0.6 is 23.5 Å². The molecule has 0 bridgehead atoms. The number of hydrogen-bond donors (Lipinski definition) is 0. The minimum atomic E-state index is -0.0794. The van der Waals surface area contributed by atoms with Crippen LogP contribution < -0.4 is 0 Å². The highest BCUT2D eigenvalue weighted by Gasteiger charge is 2.16. The van der Waals surface area contributed by atoms with Crippen LogP contribution in [0, 0.1) is 0 Å². The van der Waals surface area contributed by atoms with Gasteiger partial charge in [-0.25, -0.2) is 0 Å². The van der Waals surface area contributed by atoms with Crippen molar-refractivity contribution in [1.29, 1.82) is 0 Å². The molecule has 0 aromatic rings. The SMILES string of the molecule is CCCCCCCC(COC(=O)CCCCCCCC(CCCCCCCC(=O)OCC(CCCCCCC)SC)OC(=O)CCCN(C)C)SC. The van der Waals surface area contributed by atoms with Crippen molar-refractivity contribution in [2.45, 2.75) is 210 Å². The molecule has 0 radical (unpaired) electrons. The summed E-state index contributed by atoms with van der Waals surface area (Å²) in [5, 5.41) is 0.822. The van der Waals surface area contributed by atoms with E-state index in [9.17, 15) is 14.4 Å². The smallest absolute Gasteiger partial charge is 0.306 e. The Morgan fingerprint density at radius 2 is 0.846 bits per heavy atom. The molecule has 9 heteroatoms. The Kier molecular flexibility index (Phi) is 37.7. The van der Waals surface area contributed by atoms with Gasteiger partial charge in [-0.1, -0.05) is 117 Å². The van der Waals surface area contributed by atoms with Gasteiger partial charge in [0.15, 0.2) is 0 Å². The van der Waals surface area contributed by atoms with Crippen molar-refractivity contribution in [1.82, 2.24) is 4.90 Å². The lowest BCUT2D eigenvalue weighted by molar-refractivity contribution is -0.150. The second kappa shape index (κ2) is 38.3. The number of unbranched alkanes of at least 4 members (excludes halogenated alkanes) is 16. The number of carbonyl (C=O) groups is 3. The highest BCUT2D eigenvalue weighted by molar-refractivity contribution is 7.99. The quantitative estimate of drug-likeness (QED) is 0.0344. The van der Waals surface area contributed by atoms with Crippen LogP contribution in [0.5, 0.6) is 0 Å². The van der Waals surface area contributed by atoms with Gasteiger partial charge in [0.05, 0.1) is 0 Å². The number of hydrogen-bond acceptors (Lipinski definition) is 9. The molecule has 0 aliphatic carbocycles. The van der Waals surface area contributed by atoms with Crippen LogP contribution in [-0.2, 0) is 28.6 Å². The zero-order chi connectivity index (χ0) is 38.5. The minimum Gasteiger partial charge on any atom is -0.464 e. The van der Waals surface area contributed by atoms with Gasteiger partial charge in [0.25, 0.3) is 0 Å². The van der Waals surface area contributed by atoms with E-state index in [1.165, 1.54) is 64.2 Å². The molecule has 2 atom stereocenters. The molecular formula is C43H83NO6S2. The molecule has 0 heterocycles. The second-order valence-corrected chi connectivity index (χ2v) is 17.4. The lowest BCUT2D eigenvalue weighted by atomic mass is 10.0. The number of nitrogens with zero attached hydrogens (tertiary/aromatic N) is 1. The number of thioether (sulfide) groups is 2. The van der Waals surface area contributed by atoms with E-state index in [2.05, 4.69) is 31.3 Å². The molecule has 0 aromatic heterocycles. The van der Waals surface area contributed by atoms with E-state index in [1.807, 2.05) is 37.6 Å². The van der Waals surface area contributed by atoms with Crippen LogP contribution in [0.2, 0.25) is 0 Å². The molecule has 308 valence electrons. The molecule has 0 rings (SSSR count). The standard InChI is InChI=1S/C43H83NO6S2/c1-7-9-11-15-23-30-39(51-5)36-48-41(45)32-25-19-13-17-21-28-38(50-43(47)34-27-35-44(3)4)29-22-18-14-20-26-33-42(46)49-37-40(52-6)31-24-16-12-10-8-2/h38-40H,7-37H2,1-6H3. The first-order chi connectivity index (χ1) is 25.2. The molecule has 0 aromatic carbocycles. The highest BCUT2D eigenvalue weighted by atomic mass is 32.2. The van der Waals surface area contributed by atoms with Crippen molar-refractivity contribution in [2.75, 3.05) is 46.4 Å². The first kappa shape index (κ1) is 51.1. The zero-order valence-electron chi connectivity index (χ0n) is 34.9. The van der Waals surface area contributed by atoms with Gasteiger partial charge in [-0.3, -0.25) is 14.4 Å². The van der Waals surface area contributed by atoms with Gasteiger partial charge in [0.1, 0.15) is 19.3 Å². The molecule has 0 saturated heterocycles. The Morgan fingerprint density at radius 1 is 0.481 bits per heavy atom. The third-order valence-corrected chi connectivity index (χ3v) is 12.0. The van der Waals surface area contributed by atoms with Gasteiger partial charge in [0.2, 0.25) is 0 Å². The summed E-state index contributed by atoms with van der Waals surface area (Å²) < 4.78 is 17.2. The molecule has 0 aliphatic heterocycles. The Morgan fingerprint density at radius 3 is 1.25 bits per heavy atom. The first-order valence-corrected chi connectivity index (χ1v) is 24.0. The molecule has 52 heavy (non-hydrogen) atoms. The molecule has 2 unspecified atom stereocenters. The van der Waals surface area contributed by atoms with Gasteiger partial charge < -0.3 is 19.1 Å². The summed E-state index contributed by atoms with van der Waals surface area (Å²) in [6, 6.07) is 0. The normalized spacial score (nSPS) is 13.2. The fraction of sp³-hybridized carbons (Fsp3) is 0.930. The zero-order valence-corrected chi connectivity index (χ0v) is 36.5. The third-order valence-electron chi connectivity index (χ3n) is 9.88. The van der Waals surface area contributed by atoms with Crippen molar-refractivity contribution < 1.29 is 28.6 Å². The third kappa shape index (κ3) is 34.8. The summed E-state index contributed by atoms with van der Waals surface area (Å²) in [6.07, 6.45) is 33.5. The van der Waals surface area contributed by atoms with E-state index in [-0.39, 0.29) is 24.0 Å². The van der Waals surface area contributed by atoms with Crippen molar-refractivity contribution >= 4 is 41.4 Å². The molecular weight excluding hydrogens is 691 g/mol. The van der Waals surface area contributed by atoms with Crippen LogP contribution in [0.3, 0.4) is 0 Å². The summed E-state index contributed by atoms with van der Waals surface area (Å²) >= 11 is 3.63. The van der Waals surface area contributed by atoms with Crippen LogP contribution in [0.1, 0.15) is 194 Å². The predicted octanol–water partition coefficient (Wildman–Crippen LogP) is 12.0. The van der Waals surface area contributed by atoms with Crippen molar-refractivity contribution in [3.05, 3.63) is 0 Å². The van der Waals surface area contributed by atoms with Crippen LogP contribution in [0.15, 0.2) is 0 Å². The van der Waals surface area contributed by atoms with E-state index in [0.29, 0.717) is 43.0 Å². The summed E-state index contributed by atoms with van der Waals surface area (Å²) in [7, 11) is 4.05. The summed E-state index contributed by atoms with van der Waals surface area (Å²) in [5.74, 6) is -0.201. The molecule has 0 fully saturated rings. The van der Waals surface area contributed by atoms with E-state index >= 15 is 0 Å². The lowest BCUT2D eigenvalue weighted by Crippen LogP contribution is -2.20. The van der Waals surface area contributed by atoms with Gasteiger partial charge >= 0.3 is 17.9 Å². The first-order valence-electron chi connectivity index (χ1n) is 21.5. The van der Waals surface area contributed by atoms with Gasteiger partial charge in [-0.05, 0) is 90.9 Å². The van der Waals surface area contributed by atoms with Crippen molar-refractivity contribution in [3.8, 4) is 0 Å². The van der Waals surface area contributed by atoms with Gasteiger partial charge in [-0.15, -0.1) is 0 Å². The summed E-state index contributed by atoms with van der Waals surface area (Å²) in [4.78, 5) is 39.3. The van der Waals surface area contributed by atoms with Crippen LogP contribution in [0.25, 0.3) is 0 Å². The van der Waals surface area contributed by atoms with E-state index < -0.39 is 0 Å². The monoisotopic (exact) mass is 774 g/mol. The van der Waals surface area contributed by atoms with Gasteiger partial charge in [0, 0.05) is 29.8 Å². The molecule has 0 saturated carbocycles. The number of esters is 3. The largest absolute Gasteiger partial charge is 0.464 e. The summed E-state index contributed by atoms with van der Waals surface area (Å²) in [5.41, 5.74) is 0. The van der Waals surface area contributed by atoms with Gasteiger partial charge in [-0.2, -0.15) is 23.5 Å².